The van der Waals surface area contributed by atoms with Crippen LogP contribution in [0, 0.1) is 23.7 Å². The number of aromatic hydroxyl groups is 1. The van der Waals surface area contributed by atoms with Gasteiger partial charge in [0.15, 0.2) is 11.4 Å². The second-order valence-electron chi connectivity index (χ2n) is 11.4. The molecule has 2 amide bonds. The summed E-state index contributed by atoms with van der Waals surface area (Å²) in [5.41, 5.74) is 4.92. The highest BCUT2D eigenvalue weighted by molar-refractivity contribution is 6.24. The van der Waals surface area contributed by atoms with E-state index in [0.717, 1.165) is 0 Å². The number of fused-ring (bicyclic) bond motifs is 3. The highest BCUT2D eigenvalue weighted by Crippen LogP contribution is 2.52. The summed E-state index contributed by atoms with van der Waals surface area (Å²) in [5, 5.41) is 46.5. The number of hydrogen-bond donors (Lipinski definition) is 6. The molecular weight excluding hydrogens is 532 g/mol. The SMILES string of the molecule is CC(C)COC(=O)Nc1ccc(-c2ccc(O)c3c2C[C@H]2C[C@H]4CC(O)C(C(N)=O)C(=O)[C@@]4(O)C(=O)C2=C3O)cc1. The molecule has 3 aliphatic carbocycles. The number of anilines is 1. The third-order valence-corrected chi connectivity index (χ3v) is 8.26. The number of aliphatic hydroxyl groups excluding tert-OH is 2. The van der Waals surface area contributed by atoms with Crippen LogP contribution in [0.4, 0.5) is 10.5 Å². The summed E-state index contributed by atoms with van der Waals surface area (Å²) in [7, 11) is 0. The van der Waals surface area contributed by atoms with Crippen molar-refractivity contribution in [2.45, 2.75) is 44.8 Å². The Morgan fingerprint density at radius 3 is 2.41 bits per heavy atom. The fraction of sp³-hybridized carbons (Fsp3) is 0.400. The summed E-state index contributed by atoms with van der Waals surface area (Å²) in [6.45, 7) is 4.14. The lowest BCUT2D eigenvalue weighted by Crippen LogP contribution is -2.66. The van der Waals surface area contributed by atoms with Gasteiger partial charge < -0.3 is 30.9 Å². The highest BCUT2D eigenvalue weighted by Gasteiger charge is 2.63. The van der Waals surface area contributed by atoms with Gasteiger partial charge in [0.2, 0.25) is 11.7 Å². The first-order valence-corrected chi connectivity index (χ1v) is 13.5. The first-order chi connectivity index (χ1) is 19.3. The topological polar surface area (TPSA) is 196 Å². The molecule has 0 heterocycles. The number of ether oxygens (including phenoxy) is 1. The zero-order valence-corrected chi connectivity index (χ0v) is 22.6. The van der Waals surface area contributed by atoms with Crippen molar-refractivity contribution < 1.29 is 44.3 Å². The predicted octanol–water partition coefficient (Wildman–Crippen LogP) is 2.46. The molecule has 2 fully saturated rings. The van der Waals surface area contributed by atoms with Crippen LogP contribution in [0.3, 0.4) is 0 Å². The number of amides is 2. The van der Waals surface area contributed by atoms with Gasteiger partial charge in [-0.05, 0) is 66.0 Å². The smallest absolute Gasteiger partial charge is 0.411 e. The average molecular weight is 565 g/mol. The first-order valence-electron chi connectivity index (χ1n) is 13.5. The minimum absolute atomic E-state index is 0.0124. The Kier molecular flexibility index (Phi) is 7.12. The van der Waals surface area contributed by atoms with Crippen molar-refractivity contribution in [3.8, 4) is 16.9 Å². The van der Waals surface area contributed by atoms with Crippen LogP contribution in [0.25, 0.3) is 16.9 Å². The molecular formula is C30H32N2O9. The molecule has 2 aromatic rings. The molecule has 5 atom stereocenters. The van der Waals surface area contributed by atoms with Gasteiger partial charge in [0.25, 0.3) is 0 Å². The van der Waals surface area contributed by atoms with E-state index in [4.69, 9.17) is 10.5 Å². The number of nitrogens with two attached hydrogens (primary N) is 1. The van der Waals surface area contributed by atoms with Gasteiger partial charge in [0.05, 0.1) is 18.3 Å². The fourth-order valence-corrected chi connectivity index (χ4v) is 6.32. The maximum atomic E-state index is 13.6. The van der Waals surface area contributed by atoms with Crippen LogP contribution in [0.2, 0.25) is 0 Å². The largest absolute Gasteiger partial charge is 0.507 e. The number of phenols is 1. The van der Waals surface area contributed by atoms with Gasteiger partial charge >= 0.3 is 6.09 Å². The summed E-state index contributed by atoms with van der Waals surface area (Å²) < 4.78 is 5.14. The van der Waals surface area contributed by atoms with Crippen molar-refractivity contribution in [3.63, 3.8) is 0 Å². The van der Waals surface area contributed by atoms with E-state index in [1.165, 1.54) is 6.07 Å². The number of carbonyl (C=O) groups excluding carboxylic acids is 4. The Bertz CT molecular complexity index is 1480. The molecule has 0 radical (unpaired) electrons. The lowest BCUT2D eigenvalue weighted by molar-refractivity contribution is -0.174. The van der Waals surface area contributed by atoms with Crippen LogP contribution < -0.4 is 11.1 Å². The average Bonchev–Trinajstić information content (AvgIpc) is 2.90. The molecule has 11 heteroatoms. The standard InChI is InChI=1S/C30H32N2O9/c1-13(2)12-41-29(39)32-17-5-3-14(4-6-17)18-7-8-20(33)23-19(18)10-15-9-16-11-21(34)24(28(31)38)27(37)30(16,40)26(36)22(15)25(23)35/h3-8,13,15-16,21,24,33-35,40H,9-12H2,1-2H3,(H2,31,38)(H,32,39)/t15-,16+,21?,24?,30+/m1/s1. The van der Waals surface area contributed by atoms with E-state index in [0.29, 0.717) is 22.4 Å². The van der Waals surface area contributed by atoms with E-state index in [1.807, 2.05) is 13.8 Å². The van der Waals surface area contributed by atoms with Crippen molar-refractivity contribution in [2.24, 2.45) is 29.4 Å². The van der Waals surface area contributed by atoms with Gasteiger partial charge in [0.1, 0.15) is 17.4 Å². The molecule has 7 N–H and O–H groups in total. The predicted molar refractivity (Wildman–Crippen MR) is 146 cm³/mol. The number of primary amides is 1. The molecule has 41 heavy (non-hydrogen) atoms. The van der Waals surface area contributed by atoms with Crippen molar-refractivity contribution in [1.82, 2.24) is 0 Å². The molecule has 0 bridgehead atoms. The quantitative estimate of drug-likeness (QED) is 0.296. The van der Waals surface area contributed by atoms with Gasteiger partial charge in [-0.15, -0.1) is 0 Å². The first kappa shape index (κ1) is 28.3. The molecule has 3 aliphatic rings. The van der Waals surface area contributed by atoms with Crippen molar-refractivity contribution in [1.29, 1.82) is 0 Å². The highest BCUT2D eigenvalue weighted by atomic mass is 16.5. The number of nitrogens with one attached hydrogen (secondary N) is 1. The summed E-state index contributed by atoms with van der Waals surface area (Å²) in [4.78, 5) is 50.6. The van der Waals surface area contributed by atoms with Crippen LogP contribution >= 0.6 is 0 Å². The van der Waals surface area contributed by atoms with E-state index in [9.17, 15) is 39.6 Å². The molecule has 11 nitrogen and oxygen atoms in total. The van der Waals surface area contributed by atoms with E-state index in [1.54, 1.807) is 30.3 Å². The minimum Gasteiger partial charge on any atom is -0.507 e. The monoisotopic (exact) mass is 564 g/mol. The molecule has 0 saturated heterocycles. The zero-order valence-electron chi connectivity index (χ0n) is 22.6. The molecule has 2 unspecified atom stereocenters. The number of Topliss-reactive ketones (excluding diaryl/α,β-unsaturated/α-hetero) is 2. The number of rotatable bonds is 5. The fourth-order valence-electron chi connectivity index (χ4n) is 6.32. The van der Waals surface area contributed by atoms with Crippen LogP contribution in [0.5, 0.6) is 5.75 Å². The lowest BCUT2D eigenvalue weighted by atomic mass is 9.56. The third kappa shape index (κ3) is 4.64. The molecule has 0 aliphatic heterocycles. The van der Waals surface area contributed by atoms with E-state index < -0.39 is 58.8 Å². The van der Waals surface area contributed by atoms with E-state index in [-0.39, 0.29) is 48.7 Å². The molecule has 5 rings (SSSR count). The number of ketones is 2. The Hall–Kier alpha value is -4.22. The van der Waals surface area contributed by atoms with Gasteiger partial charge in [-0.25, -0.2) is 4.79 Å². The van der Waals surface area contributed by atoms with Crippen LogP contribution in [0.15, 0.2) is 42.0 Å². The molecule has 2 saturated carbocycles. The molecule has 0 spiro atoms. The lowest BCUT2D eigenvalue weighted by Gasteiger charge is -2.48. The van der Waals surface area contributed by atoms with Gasteiger partial charge in [-0.3, -0.25) is 19.7 Å². The summed E-state index contributed by atoms with van der Waals surface area (Å²) in [6, 6.07) is 9.93. The Balaban J connectivity index is 1.50. The van der Waals surface area contributed by atoms with Crippen LogP contribution in [-0.4, -0.2) is 62.3 Å². The number of benzene rings is 2. The van der Waals surface area contributed by atoms with E-state index in [2.05, 4.69) is 5.32 Å². The van der Waals surface area contributed by atoms with Crippen LogP contribution in [-0.2, 0) is 25.5 Å². The van der Waals surface area contributed by atoms with Gasteiger partial charge in [-0.1, -0.05) is 32.0 Å². The maximum Gasteiger partial charge on any atom is 0.411 e. The van der Waals surface area contributed by atoms with Gasteiger partial charge in [-0.2, -0.15) is 0 Å². The van der Waals surface area contributed by atoms with Crippen molar-refractivity contribution in [2.75, 3.05) is 11.9 Å². The van der Waals surface area contributed by atoms with E-state index >= 15 is 0 Å². The Labute approximate surface area is 235 Å². The van der Waals surface area contributed by atoms with Gasteiger partial charge in [0, 0.05) is 17.2 Å². The summed E-state index contributed by atoms with van der Waals surface area (Å²) in [6.07, 6.45) is -1.94. The second-order valence-corrected chi connectivity index (χ2v) is 11.4. The minimum atomic E-state index is -2.62. The maximum absolute atomic E-state index is 13.6. The Morgan fingerprint density at radius 2 is 1.78 bits per heavy atom. The molecule has 216 valence electrons. The number of hydrogen-bond acceptors (Lipinski definition) is 9. The number of carbonyl (C=O) groups is 4. The van der Waals surface area contributed by atoms with Crippen molar-refractivity contribution in [3.05, 3.63) is 53.1 Å². The number of aliphatic hydroxyl groups is 3. The third-order valence-electron chi connectivity index (χ3n) is 8.26. The second kappa shape index (κ2) is 10.3. The van der Waals surface area contributed by atoms with Crippen molar-refractivity contribution >= 4 is 35.0 Å². The van der Waals surface area contributed by atoms with Crippen LogP contribution in [0.1, 0.15) is 37.8 Å². The molecule has 2 aromatic carbocycles. The molecule has 0 aromatic heterocycles. The number of phenolic OH excluding ortho intramolecular Hbond substituents is 1. The summed E-state index contributed by atoms with van der Waals surface area (Å²) >= 11 is 0. The Morgan fingerprint density at radius 1 is 1.10 bits per heavy atom. The zero-order chi connectivity index (χ0) is 29.8. The summed E-state index contributed by atoms with van der Waals surface area (Å²) in [5.74, 6) is -7.37. The normalized spacial score (nSPS) is 27.1.